The van der Waals surface area contributed by atoms with Crippen molar-refractivity contribution in [2.45, 2.75) is 26.3 Å². The number of hydrogen-bond donors (Lipinski definition) is 2. The van der Waals surface area contributed by atoms with Crippen molar-refractivity contribution < 1.29 is 14.6 Å². The first-order valence-corrected chi connectivity index (χ1v) is 10.6. The van der Waals surface area contributed by atoms with Gasteiger partial charge in [0.05, 0.1) is 0 Å². The molecule has 164 valence electrons. The van der Waals surface area contributed by atoms with Gasteiger partial charge in [-0.3, -0.25) is 0 Å². The molecule has 0 aliphatic carbocycles. The number of ether oxygens (including phenoxy) is 1. The van der Waals surface area contributed by atoms with E-state index in [-0.39, 0.29) is 16.9 Å². The van der Waals surface area contributed by atoms with Gasteiger partial charge < -0.3 is 15.2 Å². The Morgan fingerprint density at radius 1 is 0.875 bits per heavy atom. The van der Waals surface area contributed by atoms with Crippen molar-refractivity contribution in [1.82, 2.24) is 5.32 Å². The molecular weight excluding hydrogens is 422 g/mol. The maximum absolute atomic E-state index is 13.1. The van der Waals surface area contributed by atoms with Crippen molar-refractivity contribution in [3.63, 3.8) is 0 Å². The lowest BCUT2D eigenvalue weighted by atomic mass is 10.0. The molecule has 2 N–H and O–H groups in total. The Hall–Kier alpha value is -3.50. The van der Waals surface area contributed by atoms with Gasteiger partial charge in [-0.05, 0) is 56.2 Å². The fourth-order valence-corrected chi connectivity index (χ4v) is 3.18. The van der Waals surface area contributed by atoms with Gasteiger partial charge >= 0.3 is 5.97 Å². The van der Waals surface area contributed by atoms with Crippen LogP contribution in [0.4, 0.5) is 0 Å². The zero-order valence-corrected chi connectivity index (χ0v) is 19.1. The lowest BCUT2D eigenvalue weighted by Gasteiger charge is -2.25. The van der Waals surface area contributed by atoms with E-state index in [0.717, 1.165) is 5.56 Å². The van der Waals surface area contributed by atoms with Gasteiger partial charge in [-0.15, -0.1) is 0 Å². The minimum atomic E-state index is -0.651. The van der Waals surface area contributed by atoms with Crippen LogP contribution in [0.1, 0.15) is 31.9 Å². The predicted molar refractivity (Wildman–Crippen MR) is 130 cm³/mol. The van der Waals surface area contributed by atoms with E-state index in [2.05, 4.69) is 5.32 Å². The molecular formula is C27H26ClNO3. The summed E-state index contributed by atoms with van der Waals surface area (Å²) in [5.41, 5.74) is 1.79. The molecule has 5 heteroatoms. The number of para-hydroxylation sites is 1. The van der Waals surface area contributed by atoms with Gasteiger partial charge in [-0.2, -0.15) is 0 Å². The smallest absolute Gasteiger partial charge is 0.347 e. The Balaban J connectivity index is 2.10. The van der Waals surface area contributed by atoms with Gasteiger partial charge in [0.2, 0.25) is 0 Å². The van der Waals surface area contributed by atoms with Crippen LogP contribution < -0.4 is 10.1 Å². The minimum absolute atomic E-state index is 0.0663. The van der Waals surface area contributed by atoms with Crippen molar-refractivity contribution in [2.75, 3.05) is 0 Å². The predicted octanol–water partition coefficient (Wildman–Crippen LogP) is 6.64. The van der Waals surface area contributed by atoms with E-state index in [1.807, 2.05) is 45.0 Å². The van der Waals surface area contributed by atoms with Gasteiger partial charge in [0, 0.05) is 22.3 Å². The molecule has 0 aromatic heterocycles. The number of carbonyl (C=O) groups excluding carboxylic acids is 1. The summed E-state index contributed by atoms with van der Waals surface area (Å²) < 4.78 is 5.53. The van der Waals surface area contributed by atoms with Gasteiger partial charge in [-0.25, -0.2) is 4.79 Å². The minimum Gasteiger partial charge on any atom is -0.507 e. The molecule has 0 saturated carbocycles. The summed E-state index contributed by atoms with van der Waals surface area (Å²) in [5, 5.41) is 15.1. The number of esters is 1. The van der Waals surface area contributed by atoms with E-state index >= 15 is 0 Å². The Morgan fingerprint density at radius 3 is 2.00 bits per heavy atom. The third-order valence-electron chi connectivity index (χ3n) is 4.42. The SMILES string of the molecule is CC(C)(C)N/C(=C\C(O)=C(/C(=O)Oc1ccccc1)c1ccccc1)c1ccc(Cl)cc1. The number of allylic oxidation sites excluding steroid dienone is 1. The Labute approximate surface area is 193 Å². The van der Waals surface area contributed by atoms with Gasteiger partial charge in [0.15, 0.2) is 0 Å². The lowest BCUT2D eigenvalue weighted by molar-refractivity contribution is -0.128. The highest BCUT2D eigenvalue weighted by molar-refractivity contribution is 6.30. The third kappa shape index (κ3) is 6.50. The molecule has 0 amide bonds. The van der Waals surface area contributed by atoms with Crippen molar-refractivity contribution in [3.05, 3.63) is 113 Å². The van der Waals surface area contributed by atoms with E-state index in [1.165, 1.54) is 0 Å². The van der Waals surface area contributed by atoms with Crippen LogP contribution in [-0.4, -0.2) is 16.6 Å². The summed E-state index contributed by atoms with van der Waals surface area (Å²) in [6.07, 6.45) is 1.54. The highest BCUT2D eigenvalue weighted by Crippen LogP contribution is 2.25. The van der Waals surface area contributed by atoms with Crippen molar-refractivity contribution in [1.29, 1.82) is 0 Å². The molecule has 0 unspecified atom stereocenters. The van der Waals surface area contributed by atoms with E-state index in [9.17, 15) is 9.90 Å². The number of aliphatic hydroxyl groups is 1. The summed E-state index contributed by atoms with van der Waals surface area (Å²) in [6.45, 7) is 6.04. The van der Waals surface area contributed by atoms with E-state index in [4.69, 9.17) is 16.3 Å². The molecule has 32 heavy (non-hydrogen) atoms. The molecule has 0 aliphatic rings. The van der Waals surface area contributed by atoms with Crippen molar-refractivity contribution >= 4 is 28.8 Å². The number of carbonyl (C=O) groups is 1. The van der Waals surface area contributed by atoms with Crippen LogP contribution in [0.15, 0.2) is 96.8 Å². The molecule has 3 aromatic rings. The summed E-state index contributed by atoms with van der Waals surface area (Å²) >= 11 is 6.04. The fourth-order valence-electron chi connectivity index (χ4n) is 3.06. The highest BCUT2D eigenvalue weighted by atomic mass is 35.5. The Bertz CT molecular complexity index is 1110. The molecule has 0 aliphatic heterocycles. The molecule has 0 atom stereocenters. The fraction of sp³-hybridized carbons (Fsp3) is 0.148. The summed E-state index contributed by atoms with van der Waals surface area (Å²) in [4.78, 5) is 13.1. The number of nitrogens with one attached hydrogen (secondary N) is 1. The largest absolute Gasteiger partial charge is 0.507 e. The highest BCUT2D eigenvalue weighted by Gasteiger charge is 2.21. The number of rotatable bonds is 6. The first-order chi connectivity index (χ1) is 15.2. The van der Waals surface area contributed by atoms with Crippen LogP contribution in [0.5, 0.6) is 5.75 Å². The average Bonchev–Trinajstić information content (AvgIpc) is 2.74. The Kier molecular flexibility index (Phi) is 7.39. The summed E-state index contributed by atoms with van der Waals surface area (Å²) in [5.74, 6) is -0.463. The zero-order valence-electron chi connectivity index (χ0n) is 18.3. The van der Waals surface area contributed by atoms with E-state index in [1.54, 1.807) is 66.7 Å². The first kappa shape index (κ1) is 23.2. The average molecular weight is 448 g/mol. The number of aliphatic hydroxyl groups excluding tert-OH is 1. The number of benzene rings is 3. The van der Waals surface area contributed by atoms with E-state index in [0.29, 0.717) is 22.0 Å². The van der Waals surface area contributed by atoms with Crippen LogP contribution in [0.25, 0.3) is 11.3 Å². The molecule has 0 fully saturated rings. The molecule has 0 bridgehead atoms. The van der Waals surface area contributed by atoms with Gasteiger partial charge in [0.1, 0.15) is 17.1 Å². The molecule has 0 radical (unpaired) electrons. The maximum Gasteiger partial charge on any atom is 0.347 e. The van der Waals surface area contributed by atoms with Crippen LogP contribution in [0, 0.1) is 0 Å². The van der Waals surface area contributed by atoms with Gasteiger partial charge in [-0.1, -0.05) is 72.3 Å². The normalized spacial score (nSPS) is 12.7. The van der Waals surface area contributed by atoms with E-state index < -0.39 is 5.97 Å². The van der Waals surface area contributed by atoms with Crippen molar-refractivity contribution in [2.24, 2.45) is 0 Å². The molecule has 0 saturated heterocycles. The third-order valence-corrected chi connectivity index (χ3v) is 4.67. The molecule has 3 aromatic carbocycles. The van der Waals surface area contributed by atoms with Crippen LogP contribution >= 0.6 is 11.6 Å². The number of halogens is 1. The first-order valence-electron chi connectivity index (χ1n) is 10.2. The summed E-state index contributed by atoms with van der Waals surface area (Å²) in [6, 6.07) is 25.0. The second kappa shape index (κ2) is 10.2. The van der Waals surface area contributed by atoms with Crippen LogP contribution in [-0.2, 0) is 4.79 Å². The topological polar surface area (TPSA) is 58.6 Å². The quantitative estimate of drug-likeness (QED) is 0.146. The number of hydrogen-bond acceptors (Lipinski definition) is 4. The zero-order chi connectivity index (χ0) is 23.1. The second-order valence-corrected chi connectivity index (χ2v) is 8.71. The van der Waals surface area contributed by atoms with Crippen LogP contribution in [0.2, 0.25) is 5.02 Å². The standard InChI is InChI=1S/C27H26ClNO3/c1-27(2,3)29-23(19-14-16-21(28)17-15-19)18-24(30)25(20-10-6-4-7-11-20)26(31)32-22-12-8-5-9-13-22/h4-18,29-30H,1-3H3/b23-18-,25-24+. The molecule has 3 rings (SSSR count). The monoisotopic (exact) mass is 447 g/mol. The lowest BCUT2D eigenvalue weighted by Crippen LogP contribution is -2.34. The maximum atomic E-state index is 13.1. The van der Waals surface area contributed by atoms with Crippen LogP contribution in [0.3, 0.4) is 0 Å². The van der Waals surface area contributed by atoms with Crippen molar-refractivity contribution in [3.8, 4) is 5.75 Å². The Morgan fingerprint density at radius 2 is 1.44 bits per heavy atom. The second-order valence-electron chi connectivity index (χ2n) is 8.27. The summed E-state index contributed by atoms with van der Waals surface area (Å²) in [7, 11) is 0. The van der Waals surface area contributed by atoms with Gasteiger partial charge in [0.25, 0.3) is 0 Å². The molecule has 0 spiro atoms. The molecule has 0 heterocycles. The molecule has 4 nitrogen and oxygen atoms in total.